The van der Waals surface area contributed by atoms with E-state index in [2.05, 4.69) is 9.47 Å². The molecule has 9 heteroatoms. The predicted molar refractivity (Wildman–Crippen MR) is 50.0 cm³/mol. The van der Waals surface area contributed by atoms with Crippen molar-refractivity contribution in [1.29, 1.82) is 0 Å². The molecule has 4 N–H and O–H groups in total. The van der Waals surface area contributed by atoms with Gasteiger partial charge in [-0.2, -0.15) is 0 Å². The Kier molecular flexibility index (Phi) is 19.4. The van der Waals surface area contributed by atoms with Gasteiger partial charge in [0, 0.05) is 0 Å². The molecule has 0 aromatic carbocycles. The van der Waals surface area contributed by atoms with Gasteiger partial charge in [-0.3, -0.25) is 9.59 Å². The summed E-state index contributed by atoms with van der Waals surface area (Å²) >= 11 is 0. The van der Waals surface area contributed by atoms with Crippen molar-refractivity contribution in [2.45, 2.75) is 0 Å². The van der Waals surface area contributed by atoms with Crippen LogP contribution in [0.25, 0.3) is 0 Å². The fourth-order valence-electron chi connectivity index (χ4n) is 0.290. The molecule has 0 saturated carbocycles. The van der Waals surface area contributed by atoms with E-state index in [0.717, 1.165) is 0 Å². The Morgan fingerprint density at radius 1 is 0.857 bits per heavy atom. The van der Waals surface area contributed by atoms with Gasteiger partial charge >= 0.3 is 121 Å². The number of hydrogen-bond donors (Lipinski definition) is 2. The van der Waals surface area contributed by atoms with Crippen molar-refractivity contribution in [2.75, 3.05) is 13.1 Å². The van der Waals surface area contributed by atoms with Crippen molar-refractivity contribution in [3.05, 3.63) is 0 Å². The van der Waals surface area contributed by atoms with Crippen molar-refractivity contribution < 1.29 is 23.9 Å². The number of carbonyl (C=O) groups is 3. The first-order chi connectivity index (χ1) is 5.60. The molecular weight excluding hydrogens is 246 g/mol. The number of rotatable bonds is 2. The normalized spacial score (nSPS) is 7.57. The van der Waals surface area contributed by atoms with Crippen molar-refractivity contribution in [2.24, 2.45) is 11.5 Å². The van der Waals surface area contributed by atoms with Gasteiger partial charge in [0.05, 0.1) is 13.1 Å². The molecule has 0 radical (unpaired) electrons. The van der Waals surface area contributed by atoms with Crippen molar-refractivity contribution in [3.63, 3.8) is 0 Å². The first kappa shape index (κ1) is 21.1. The Bertz CT molecular complexity index is 190. The summed E-state index contributed by atoms with van der Waals surface area (Å²) in [5.74, 6) is -1.96. The molecule has 0 heterocycles. The summed E-state index contributed by atoms with van der Waals surface area (Å²) in [5.41, 5.74) is 9.58. The van der Waals surface area contributed by atoms with Gasteiger partial charge in [0.2, 0.25) is 0 Å². The van der Waals surface area contributed by atoms with Crippen LogP contribution in [0.5, 0.6) is 0 Å². The zero-order chi connectivity index (χ0) is 9.56. The van der Waals surface area contributed by atoms with E-state index in [4.69, 9.17) is 11.5 Å². The van der Waals surface area contributed by atoms with Crippen molar-refractivity contribution >= 4 is 121 Å². The Hall–Kier alpha value is 1.80. The molecule has 0 aromatic heterocycles. The standard InChI is InChI=1S/C5H8N2O5.2K.2H/c6-1-3(8)11-5(10)12-4(9)2-7;;;;/h1-2,6-7H2;;;;. The van der Waals surface area contributed by atoms with E-state index in [0.29, 0.717) is 0 Å². The third-order valence-electron chi connectivity index (χ3n) is 0.728. The molecule has 0 aliphatic rings. The molecular formula is C5H10K2N2O5. The van der Waals surface area contributed by atoms with Crippen LogP contribution in [0.2, 0.25) is 0 Å². The molecule has 0 unspecified atom stereocenters. The van der Waals surface area contributed by atoms with E-state index in [9.17, 15) is 14.4 Å². The van der Waals surface area contributed by atoms with Crippen LogP contribution < -0.4 is 11.5 Å². The van der Waals surface area contributed by atoms with E-state index in [1.807, 2.05) is 0 Å². The van der Waals surface area contributed by atoms with Crippen LogP contribution in [0.4, 0.5) is 4.79 Å². The molecule has 0 spiro atoms. The summed E-state index contributed by atoms with van der Waals surface area (Å²) in [6.45, 7) is -0.933. The monoisotopic (exact) mass is 256 g/mol. The van der Waals surface area contributed by atoms with E-state index in [1.54, 1.807) is 0 Å². The topological polar surface area (TPSA) is 122 Å². The summed E-state index contributed by atoms with van der Waals surface area (Å²) in [6.07, 6.45) is -1.42. The quantitative estimate of drug-likeness (QED) is 0.303. The van der Waals surface area contributed by atoms with Crippen LogP contribution in [0.3, 0.4) is 0 Å². The summed E-state index contributed by atoms with van der Waals surface area (Å²) in [4.78, 5) is 31.0. The van der Waals surface area contributed by atoms with Crippen LogP contribution in [0.15, 0.2) is 0 Å². The van der Waals surface area contributed by atoms with Gasteiger partial charge in [0.1, 0.15) is 0 Å². The number of carbonyl (C=O) groups excluding carboxylic acids is 3. The fourth-order valence-corrected chi connectivity index (χ4v) is 0.290. The molecule has 0 aromatic rings. The molecule has 0 aliphatic heterocycles. The van der Waals surface area contributed by atoms with Crippen LogP contribution in [0, 0.1) is 0 Å². The molecule has 0 bridgehead atoms. The molecule has 0 amide bonds. The zero-order valence-corrected chi connectivity index (χ0v) is 6.11. The summed E-state index contributed by atoms with van der Waals surface area (Å²) in [7, 11) is 0. The summed E-state index contributed by atoms with van der Waals surface area (Å²) < 4.78 is 7.74. The van der Waals surface area contributed by atoms with Gasteiger partial charge < -0.3 is 20.9 Å². The van der Waals surface area contributed by atoms with Crippen molar-refractivity contribution in [3.8, 4) is 0 Å². The minimum atomic E-state index is -1.42. The van der Waals surface area contributed by atoms with Gasteiger partial charge in [-0.05, 0) is 0 Å². The maximum atomic E-state index is 10.4. The van der Waals surface area contributed by atoms with Gasteiger partial charge in [0.15, 0.2) is 0 Å². The Balaban J connectivity index is -0.000000605. The average molecular weight is 256 g/mol. The molecule has 0 fully saturated rings. The van der Waals surface area contributed by atoms with Gasteiger partial charge in [0.25, 0.3) is 0 Å². The molecule has 0 atom stereocenters. The number of esters is 2. The average Bonchev–Trinajstić information content (AvgIpc) is 2.03. The summed E-state index contributed by atoms with van der Waals surface area (Å²) in [5, 5.41) is 0. The third-order valence-corrected chi connectivity index (χ3v) is 0.728. The van der Waals surface area contributed by atoms with E-state index in [-0.39, 0.29) is 103 Å². The van der Waals surface area contributed by atoms with E-state index < -0.39 is 31.2 Å². The van der Waals surface area contributed by atoms with Gasteiger partial charge in [-0.25, -0.2) is 4.79 Å². The maximum absolute atomic E-state index is 10.4. The molecule has 0 saturated heterocycles. The second kappa shape index (κ2) is 12.9. The van der Waals surface area contributed by atoms with E-state index in [1.165, 1.54) is 0 Å². The fraction of sp³-hybridized carbons (Fsp3) is 0.400. The minimum absolute atomic E-state index is 0. The molecule has 14 heavy (non-hydrogen) atoms. The van der Waals surface area contributed by atoms with Crippen LogP contribution >= 0.6 is 0 Å². The molecule has 72 valence electrons. The van der Waals surface area contributed by atoms with Crippen LogP contribution in [-0.2, 0) is 19.1 Å². The number of hydrogen-bond acceptors (Lipinski definition) is 7. The van der Waals surface area contributed by atoms with Crippen LogP contribution in [0.1, 0.15) is 0 Å². The predicted octanol–water partition coefficient (Wildman–Crippen LogP) is -3.19. The number of ether oxygens (including phenoxy) is 2. The third kappa shape index (κ3) is 11.9. The molecule has 0 aliphatic carbocycles. The van der Waals surface area contributed by atoms with Crippen LogP contribution in [-0.4, -0.2) is 134 Å². The van der Waals surface area contributed by atoms with Crippen molar-refractivity contribution in [1.82, 2.24) is 0 Å². The Morgan fingerprint density at radius 3 is 1.36 bits per heavy atom. The summed E-state index contributed by atoms with van der Waals surface area (Å²) in [6, 6.07) is 0. The second-order valence-corrected chi connectivity index (χ2v) is 1.61. The molecule has 0 rings (SSSR count). The Labute approximate surface area is 165 Å². The molecule has 7 nitrogen and oxygen atoms in total. The van der Waals surface area contributed by atoms with Gasteiger partial charge in [-0.1, -0.05) is 0 Å². The second-order valence-electron chi connectivity index (χ2n) is 1.61. The Morgan fingerprint density at radius 2 is 1.14 bits per heavy atom. The van der Waals surface area contributed by atoms with Gasteiger partial charge in [-0.15, -0.1) is 0 Å². The zero-order valence-electron chi connectivity index (χ0n) is 6.11. The first-order valence-corrected chi connectivity index (χ1v) is 2.95. The number of nitrogens with two attached hydrogens (primary N) is 2. The van der Waals surface area contributed by atoms with E-state index >= 15 is 0 Å². The SMILES string of the molecule is NCC(=O)OC(=O)OC(=O)CN.[KH].[KH]. The first-order valence-electron chi connectivity index (χ1n) is 2.95.